The van der Waals surface area contributed by atoms with Gasteiger partial charge in [0.05, 0.1) is 30.7 Å². The molecule has 0 amide bonds. The smallest absolute Gasteiger partial charge is 0.226 e. The third-order valence-corrected chi connectivity index (χ3v) is 4.90. The normalized spacial score (nSPS) is 14.1. The summed E-state index contributed by atoms with van der Waals surface area (Å²) in [5, 5.41) is 8.77. The number of aromatic nitrogens is 6. The van der Waals surface area contributed by atoms with Crippen molar-refractivity contribution in [3.05, 3.63) is 67.4 Å². The van der Waals surface area contributed by atoms with Crippen LogP contribution in [0.15, 0.2) is 67.4 Å². The largest absolute Gasteiger partial charge is 0.497 e. The van der Waals surface area contributed by atoms with Gasteiger partial charge in [0.15, 0.2) is 0 Å². The molecule has 28 heavy (non-hydrogen) atoms. The van der Waals surface area contributed by atoms with Gasteiger partial charge >= 0.3 is 0 Å². The van der Waals surface area contributed by atoms with Crippen LogP contribution in [0.4, 0.5) is 5.95 Å². The average Bonchev–Trinajstić information content (AvgIpc) is 3.40. The van der Waals surface area contributed by atoms with Crippen LogP contribution in [0.2, 0.25) is 0 Å². The Balaban J connectivity index is 1.33. The molecular formula is C20H19N7O. The molecule has 0 unspecified atom stereocenters. The predicted molar refractivity (Wildman–Crippen MR) is 105 cm³/mol. The second-order valence-electron chi connectivity index (χ2n) is 6.66. The molecule has 8 nitrogen and oxygen atoms in total. The van der Waals surface area contributed by atoms with E-state index in [0.29, 0.717) is 6.04 Å². The molecule has 4 aromatic rings. The van der Waals surface area contributed by atoms with Gasteiger partial charge in [0.1, 0.15) is 5.75 Å². The second-order valence-corrected chi connectivity index (χ2v) is 6.66. The molecule has 1 aliphatic heterocycles. The summed E-state index contributed by atoms with van der Waals surface area (Å²) >= 11 is 0. The number of benzene rings is 1. The molecule has 1 aromatic carbocycles. The fourth-order valence-electron chi connectivity index (χ4n) is 3.28. The first-order valence-corrected chi connectivity index (χ1v) is 9.07. The van der Waals surface area contributed by atoms with Crippen molar-refractivity contribution in [3.8, 4) is 22.7 Å². The van der Waals surface area contributed by atoms with E-state index in [1.54, 1.807) is 19.5 Å². The lowest BCUT2D eigenvalue weighted by Crippen LogP contribution is -2.48. The van der Waals surface area contributed by atoms with Gasteiger partial charge in [-0.25, -0.2) is 14.6 Å². The molecule has 1 saturated heterocycles. The summed E-state index contributed by atoms with van der Waals surface area (Å²) in [5.41, 5.74) is 2.77. The van der Waals surface area contributed by atoms with E-state index in [9.17, 15) is 0 Å². The lowest BCUT2D eigenvalue weighted by molar-refractivity contribution is 0.363. The van der Waals surface area contributed by atoms with Crippen LogP contribution in [0.25, 0.3) is 16.9 Å². The highest BCUT2D eigenvalue weighted by molar-refractivity contribution is 5.59. The zero-order valence-electron chi connectivity index (χ0n) is 15.4. The Bertz CT molecular complexity index is 1070. The molecule has 1 aliphatic rings. The first-order chi connectivity index (χ1) is 13.8. The highest BCUT2D eigenvalue weighted by Crippen LogP contribution is 2.26. The molecule has 5 rings (SSSR count). The van der Waals surface area contributed by atoms with Crippen molar-refractivity contribution in [2.45, 2.75) is 6.04 Å². The van der Waals surface area contributed by atoms with E-state index in [2.05, 4.69) is 20.1 Å². The third-order valence-electron chi connectivity index (χ3n) is 4.90. The molecule has 0 N–H and O–H groups in total. The molecule has 0 aliphatic carbocycles. The van der Waals surface area contributed by atoms with Gasteiger partial charge in [-0.2, -0.15) is 10.2 Å². The van der Waals surface area contributed by atoms with Crippen LogP contribution in [-0.2, 0) is 0 Å². The lowest BCUT2D eigenvalue weighted by Gasteiger charge is -2.39. The Hall–Kier alpha value is -3.68. The van der Waals surface area contributed by atoms with Crippen LogP contribution in [0.3, 0.4) is 0 Å². The van der Waals surface area contributed by atoms with Gasteiger partial charge in [0, 0.05) is 43.4 Å². The van der Waals surface area contributed by atoms with Crippen molar-refractivity contribution in [2.75, 3.05) is 25.1 Å². The fourth-order valence-corrected chi connectivity index (χ4v) is 3.28. The number of methoxy groups -OCH3 is 1. The van der Waals surface area contributed by atoms with Crippen molar-refractivity contribution < 1.29 is 4.74 Å². The molecule has 0 saturated carbocycles. The van der Waals surface area contributed by atoms with Crippen LogP contribution in [0.1, 0.15) is 6.04 Å². The highest BCUT2D eigenvalue weighted by atomic mass is 16.5. The second kappa shape index (κ2) is 6.80. The van der Waals surface area contributed by atoms with E-state index < -0.39 is 0 Å². The summed E-state index contributed by atoms with van der Waals surface area (Å²) < 4.78 is 9.02. The monoisotopic (exact) mass is 373 g/mol. The number of ether oxygens (including phenoxy) is 1. The highest BCUT2D eigenvalue weighted by Gasteiger charge is 2.30. The number of nitrogens with zero attached hydrogens (tertiary/aromatic N) is 7. The van der Waals surface area contributed by atoms with E-state index >= 15 is 0 Å². The molecule has 0 spiro atoms. The SMILES string of the molecule is COc1ccc(-n2cc(-c3ccnc(N4CC(n5cccn5)C4)n3)cn2)cc1. The molecule has 0 radical (unpaired) electrons. The molecule has 8 heteroatoms. The standard InChI is InChI=1S/C20H19N7O/c1-28-18-5-3-16(4-6-18)27-12-15(11-23-27)19-7-9-21-20(24-19)25-13-17(14-25)26-10-2-8-22-26/h2-12,17H,13-14H2,1H3. The maximum Gasteiger partial charge on any atom is 0.226 e. The number of rotatable bonds is 5. The molecule has 0 bridgehead atoms. The van der Waals surface area contributed by atoms with E-state index in [0.717, 1.165) is 41.7 Å². The van der Waals surface area contributed by atoms with Gasteiger partial charge in [-0.3, -0.25) is 4.68 Å². The molecule has 3 aromatic heterocycles. The fraction of sp³-hybridized carbons (Fsp3) is 0.200. The summed E-state index contributed by atoms with van der Waals surface area (Å²) in [7, 11) is 1.66. The number of hydrogen-bond donors (Lipinski definition) is 0. The number of hydrogen-bond acceptors (Lipinski definition) is 6. The first-order valence-electron chi connectivity index (χ1n) is 9.07. The maximum atomic E-state index is 5.21. The van der Waals surface area contributed by atoms with E-state index in [1.807, 2.05) is 64.4 Å². The van der Waals surface area contributed by atoms with E-state index in [4.69, 9.17) is 9.72 Å². The summed E-state index contributed by atoms with van der Waals surface area (Å²) in [6, 6.07) is 12.0. The van der Waals surface area contributed by atoms with Gasteiger partial charge in [-0.15, -0.1) is 0 Å². The minimum atomic E-state index is 0.375. The van der Waals surface area contributed by atoms with Crippen molar-refractivity contribution >= 4 is 5.95 Å². The topological polar surface area (TPSA) is 73.9 Å². The quantitative estimate of drug-likeness (QED) is 0.535. The van der Waals surface area contributed by atoms with Gasteiger partial charge in [0.25, 0.3) is 0 Å². The molecule has 1 fully saturated rings. The number of anilines is 1. The minimum absolute atomic E-state index is 0.375. The Morgan fingerprint density at radius 3 is 2.64 bits per heavy atom. The summed E-state index contributed by atoms with van der Waals surface area (Å²) in [6.45, 7) is 1.71. The van der Waals surface area contributed by atoms with Crippen LogP contribution in [0.5, 0.6) is 5.75 Å². The van der Waals surface area contributed by atoms with E-state index in [1.165, 1.54) is 0 Å². The third kappa shape index (κ3) is 2.98. The van der Waals surface area contributed by atoms with E-state index in [-0.39, 0.29) is 0 Å². The van der Waals surface area contributed by atoms with Crippen molar-refractivity contribution in [2.24, 2.45) is 0 Å². The van der Waals surface area contributed by atoms with Crippen molar-refractivity contribution in [1.29, 1.82) is 0 Å². The molecule has 4 heterocycles. The van der Waals surface area contributed by atoms with Gasteiger partial charge in [-0.1, -0.05) is 0 Å². The van der Waals surface area contributed by atoms with Gasteiger partial charge < -0.3 is 9.64 Å². The van der Waals surface area contributed by atoms with Gasteiger partial charge in [-0.05, 0) is 36.4 Å². The average molecular weight is 373 g/mol. The van der Waals surface area contributed by atoms with Crippen LogP contribution in [0, 0.1) is 0 Å². The maximum absolute atomic E-state index is 5.21. The summed E-state index contributed by atoms with van der Waals surface area (Å²) in [6.07, 6.45) is 9.38. The Morgan fingerprint density at radius 2 is 1.89 bits per heavy atom. The van der Waals surface area contributed by atoms with Crippen LogP contribution in [-0.4, -0.2) is 49.7 Å². The molecular weight excluding hydrogens is 354 g/mol. The zero-order valence-corrected chi connectivity index (χ0v) is 15.4. The van der Waals surface area contributed by atoms with Crippen LogP contribution < -0.4 is 9.64 Å². The Labute approximate surface area is 162 Å². The lowest BCUT2D eigenvalue weighted by atomic mass is 10.1. The zero-order chi connectivity index (χ0) is 18.9. The summed E-state index contributed by atoms with van der Waals surface area (Å²) in [5.74, 6) is 1.55. The Kier molecular flexibility index (Phi) is 4.01. The summed E-state index contributed by atoms with van der Waals surface area (Å²) in [4.78, 5) is 11.3. The molecule has 140 valence electrons. The predicted octanol–water partition coefficient (Wildman–Crippen LogP) is 2.60. The van der Waals surface area contributed by atoms with Gasteiger partial charge in [0.2, 0.25) is 5.95 Å². The van der Waals surface area contributed by atoms with Crippen molar-refractivity contribution in [3.63, 3.8) is 0 Å². The Morgan fingerprint density at radius 1 is 1.04 bits per heavy atom. The molecule has 0 atom stereocenters. The first kappa shape index (κ1) is 16.5. The minimum Gasteiger partial charge on any atom is -0.497 e. The van der Waals surface area contributed by atoms with Crippen LogP contribution >= 0.6 is 0 Å². The van der Waals surface area contributed by atoms with Crippen molar-refractivity contribution in [1.82, 2.24) is 29.5 Å².